The van der Waals surface area contributed by atoms with E-state index in [4.69, 9.17) is 5.11 Å². The van der Waals surface area contributed by atoms with Gasteiger partial charge in [-0.3, -0.25) is 0 Å². The maximum Gasteiger partial charge on any atom is 0.265 e. The minimum absolute atomic E-state index is 0.252. The van der Waals surface area contributed by atoms with Gasteiger partial charge in [-0.05, 0) is 0 Å². The molecule has 7 heteroatoms. The lowest BCUT2D eigenvalue weighted by Crippen LogP contribution is -2.27. The van der Waals surface area contributed by atoms with Gasteiger partial charge in [0.25, 0.3) is 6.43 Å². The molecule has 15 heavy (non-hydrogen) atoms. The van der Waals surface area contributed by atoms with E-state index >= 15 is 0 Å². The predicted octanol–water partition coefficient (Wildman–Crippen LogP) is 0.556. The lowest BCUT2D eigenvalue weighted by Gasteiger charge is -2.11. The molecule has 0 saturated carbocycles. The van der Waals surface area contributed by atoms with Gasteiger partial charge in [0, 0.05) is 19.7 Å². The Kier molecular flexibility index (Phi) is 4.17. The third-order valence-corrected chi connectivity index (χ3v) is 1.71. The Bertz CT molecular complexity index is 310. The number of alkyl halides is 2. The third kappa shape index (κ3) is 3.62. The second kappa shape index (κ2) is 5.40. The molecule has 0 aliphatic heterocycles. The predicted molar refractivity (Wildman–Crippen MR) is 52.1 cm³/mol. The standard InChI is InChI=1S/C8H12F2N4O/c1-11-6-2-7(14-4-13-6)12-3-5(15)8(9)10/h2,4-5,8,15H,3H2,1H3,(H2,11,12,13,14). The van der Waals surface area contributed by atoms with Crippen molar-refractivity contribution in [2.45, 2.75) is 12.5 Å². The number of aliphatic hydroxyl groups excluding tert-OH is 1. The van der Waals surface area contributed by atoms with Gasteiger partial charge in [0.2, 0.25) is 0 Å². The lowest BCUT2D eigenvalue weighted by molar-refractivity contribution is 0.00381. The molecule has 1 aromatic rings. The van der Waals surface area contributed by atoms with Crippen LogP contribution >= 0.6 is 0 Å². The van der Waals surface area contributed by atoms with Crippen LogP contribution in [0.3, 0.4) is 0 Å². The summed E-state index contributed by atoms with van der Waals surface area (Å²) < 4.78 is 23.9. The van der Waals surface area contributed by atoms with Gasteiger partial charge in [-0.15, -0.1) is 0 Å². The van der Waals surface area contributed by atoms with Gasteiger partial charge in [-0.25, -0.2) is 18.7 Å². The summed E-state index contributed by atoms with van der Waals surface area (Å²) in [7, 11) is 1.68. The number of anilines is 2. The highest BCUT2D eigenvalue weighted by atomic mass is 19.3. The summed E-state index contributed by atoms with van der Waals surface area (Å²) in [6.07, 6.45) is -3.16. The Morgan fingerprint density at radius 2 is 2.07 bits per heavy atom. The summed E-state index contributed by atoms with van der Waals surface area (Å²) in [6, 6.07) is 1.55. The second-order valence-corrected chi connectivity index (χ2v) is 2.82. The zero-order valence-electron chi connectivity index (χ0n) is 8.11. The highest BCUT2D eigenvalue weighted by Crippen LogP contribution is 2.08. The highest BCUT2D eigenvalue weighted by molar-refractivity contribution is 5.45. The van der Waals surface area contributed by atoms with E-state index in [-0.39, 0.29) is 6.54 Å². The number of halogens is 2. The molecule has 0 fully saturated rings. The average molecular weight is 218 g/mol. The third-order valence-electron chi connectivity index (χ3n) is 1.71. The maximum atomic E-state index is 11.9. The first-order chi connectivity index (χ1) is 7.13. The normalized spacial score (nSPS) is 12.6. The number of rotatable bonds is 5. The van der Waals surface area contributed by atoms with Crippen LogP contribution in [0.2, 0.25) is 0 Å². The van der Waals surface area contributed by atoms with E-state index in [2.05, 4.69) is 20.6 Å². The molecule has 1 rings (SSSR count). The van der Waals surface area contributed by atoms with Gasteiger partial charge in [0.1, 0.15) is 24.1 Å². The smallest absolute Gasteiger partial charge is 0.265 e. The molecule has 1 aromatic heterocycles. The van der Waals surface area contributed by atoms with Crippen molar-refractivity contribution < 1.29 is 13.9 Å². The van der Waals surface area contributed by atoms with Crippen LogP contribution in [-0.2, 0) is 0 Å². The van der Waals surface area contributed by atoms with Gasteiger partial charge in [0.15, 0.2) is 0 Å². The number of nitrogens with one attached hydrogen (secondary N) is 2. The van der Waals surface area contributed by atoms with Crippen molar-refractivity contribution in [2.24, 2.45) is 0 Å². The minimum Gasteiger partial charge on any atom is -0.385 e. The number of nitrogens with zero attached hydrogens (tertiary/aromatic N) is 2. The summed E-state index contributed by atoms with van der Waals surface area (Å²) in [6.45, 7) is -0.252. The summed E-state index contributed by atoms with van der Waals surface area (Å²) >= 11 is 0. The molecule has 0 amide bonds. The van der Waals surface area contributed by atoms with Crippen LogP contribution < -0.4 is 10.6 Å². The Morgan fingerprint density at radius 3 is 2.67 bits per heavy atom. The Morgan fingerprint density at radius 1 is 1.40 bits per heavy atom. The maximum absolute atomic E-state index is 11.9. The van der Waals surface area contributed by atoms with Crippen LogP contribution in [0.4, 0.5) is 20.4 Å². The van der Waals surface area contributed by atoms with Crippen molar-refractivity contribution in [3.63, 3.8) is 0 Å². The van der Waals surface area contributed by atoms with Crippen molar-refractivity contribution >= 4 is 11.6 Å². The van der Waals surface area contributed by atoms with E-state index < -0.39 is 12.5 Å². The van der Waals surface area contributed by atoms with Gasteiger partial charge in [-0.2, -0.15) is 0 Å². The first-order valence-corrected chi connectivity index (χ1v) is 4.33. The van der Waals surface area contributed by atoms with Gasteiger partial charge < -0.3 is 15.7 Å². The number of aromatic nitrogens is 2. The Balaban J connectivity index is 2.50. The molecule has 3 N–H and O–H groups in total. The van der Waals surface area contributed by atoms with E-state index in [0.717, 1.165) is 0 Å². The molecule has 0 radical (unpaired) electrons. The monoisotopic (exact) mass is 218 g/mol. The quantitative estimate of drug-likeness (QED) is 0.673. The van der Waals surface area contributed by atoms with E-state index in [1.165, 1.54) is 6.33 Å². The van der Waals surface area contributed by atoms with E-state index in [0.29, 0.717) is 11.6 Å². The van der Waals surface area contributed by atoms with Crippen LogP contribution in [0.15, 0.2) is 12.4 Å². The number of hydrogen-bond donors (Lipinski definition) is 3. The molecule has 0 aliphatic rings. The Labute approximate surface area is 85.6 Å². The van der Waals surface area contributed by atoms with Crippen molar-refractivity contribution in [1.82, 2.24) is 9.97 Å². The SMILES string of the molecule is CNc1cc(NCC(O)C(F)F)ncn1. The van der Waals surface area contributed by atoms with E-state index in [1.807, 2.05) is 0 Å². The summed E-state index contributed by atoms with van der Waals surface area (Å²) in [5.41, 5.74) is 0. The molecule has 1 unspecified atom stereocenters. The highest BCUT2D eigenvalue weighted by Gasteiger charge is 2.16. The topological polar surface area (TPSA) is 70.1 Å². The van der Waals surface area contributed by atoms with Crippen LogP contribution in [0.1, 0.15) is 0 Å². The minimum atomic E-state index is -2.76. The molecule has 0 spiro atoms. The fraction of sp³-hybridized carbons (Fsp3) is 0.500. The average Bonchev–Trinajstić information content (AvgIpc) is 2.26. The molecule has 1 atom stereocenters. The molecular formula is C8H12F2N4O. The van der Waals surface area contributed by atoms with Crippen molar-refractivity contribution in [1.29, 1.82) is 0 Å². The fourth-order valence-electron chi connectivity index (χ4n) is 0.889. The number of aliphatic hydroxyl groups is 1. The molecule has 5 nitrogen and oxygen atoms in total. The molecule has 84 valence electrons. The molecule has 1 heterocycles. The summed E-state index contributed by atoms with van der Waals surface area (Å²) in [4.78, 5) is 7.65. The molecular weight excluding hydrogens is 206 g/mol. The van der Waals surface area contributed by atoms with Crippen molar-refractivity contribution in [3.05, 3.63) is 12.4 Å². The van der Waals surface area contributed by atoms with Gasteiger partial charge >= 0.3 is 0 Å². The van der Waals surface area contributed by atoms with Gasteiger partial charge in [0.05, 0.1) is 0 Å². The van der Waals surface area contributed by atoms with Crippen LogP contribution in [0.5, 0.6) is 0 Å². The molecule has 0 bridgehead atoms. The summed E-state index contributed by atoms with van der Waals surface area (Å²) in [5, 5.41) is 14.2. The lowest BCUT2D eigenvalue weighted by atomic mass is 10.3. The Hall–Kier alpha value is -1.50. The first kappa shape index (κ1) is 11.6. The fourth-order valence-corrected chi connectivity index (χ4v) is 0.889. The number of hydrogen-bond acceptors (Lipinski definition) is 5. The molecule has 0 saturated heterocycles. The first-order valence-electron chi connectivity index (χ1n) is 4.33. The largest absolute Gasteiger partial charge is 0.385 e. The van der Waals surface area contributed by atoms with E-state index in [1.54, 1.807) is 13.1 Å². The second-order valence-electron chi connectivity index (χ2n) is 2.82. The zero-order chi connectivity index (χ0) is 11.3. The molecule has 0 aromatic carbocycles. The van der Waals surface area contributed by atoms with Crippen LogP contribution in [0, 0.1) is 0 Å². The van der Waals surface area contributed by atoms with Gasteiger partial charge in [-0.1, -0.05) is 0 Å². The summed E-state index contributed by atoms with van der Waals surface area (Å²) in [5.74, 6) is 0.952. The van der Waals surface area contributed by atoms with Crippen LogP contribution in [-0.4, -0.2) is 41.2 Å². The van der Waals surface area contributed by atoms with Crippen molar-refractivity contribution in [2.75, 3.05) is 24.2 Å². The zero-order valence-corrected chi connectivity index (χ0v) is 8.11. The van der Waals surface area contributed by atoms with Crippen molar-refractivity contribution in [3.8, 4) is 0 Å². The molecule has 0 aliphatic carbocycles. The van der Waals surface area contributed by atoms with E-state index in [9.17, 15) is 8.78 Å². The van der Waals surface area contributed by atoms with Crippen LogP contribution in [0.25, 0.3) is 0 Å².